The smallest absolute Gasteiger partial charge is 0.162 e. The number of carbonyl (C=O) groups excluding carboxylic acids is 1. The lowest BCUT2D eigenvalue weighted by atomic mass is 10.2. The summed E-state index contributed by atoms with van der Waals surface area (Å²) in [4.78, 5) is 14.9. The van der Waals surface area contributed by atoms with E-state index in [9.17, 15) is 4.79 Å². The first-order valence-corrected chi connectivity index (χ1v) is 4.52. The number of pyridine rings is 1. The lowest BCUT2D eigenvalue weighted by Gasteiger charge is -1.98. The van der Waals surface area contributed by atoms with Gasteiger partial charge in [-0.2, -0.15) is 0 Å². The molecule has 58 valence electrons. The fourth-order valence-corrected chi connectivity index (χ4v) is 1.50. The number of nitrogens with zero attached hydrogens (tertiary/aromatic N) is 1. The van der Waals surface area contributed by atoms with E-state index in [4.69, 9.17) is 0 Å². The molecule has 0 amide bonds. The van der Waals surface area contributed by atoms with E-state index in [1.807, 2.05) is 0 Å². The van der Waals surface area contributed by atoms with Gasteiger partial charge in [-0.1, -0.05) is 0 Å². The van der Waals surface area contributed by atoms with Crippen LogP contribution in [0.1, 0.15) is 17.3 Å². The second-order valence-electron chi connectivity index (χ2n) is 2.05. The molecule has 0 aliphatic rings. The first kappa shape index (κ1) is 8.87. The molecule has 0 saturated carbocycles. The van der Waals surface area contributed by atoms with Crippen molar-refractivity contribution in [2.75, 3.05) is 0 Å². The van der Waals surface area contributed by atoms with Crippen molar-refractivity contribution in [1.82, 2.24) is 4.98 Å². The maximum absolute atomic E-state index is 10.9. The number of aromatic nitrogens is 1. The Balaban J connectivity index is 3.23. The van der Waals surface area contributed by atoms with Crippen LogP contribution in [0.25, 0.3) is 0 Å². The minimum Gasteiger partial charge on any atom is -0.294 e. The van der Waals surface area contributed by atoms with Gasteiger partial charge in [0.15, 0.2) is 5.78 Å². The molecule has 11 heavy (non-hydrogen) atoms. The van der Waals surface area contributed by atoms with Crippen LogP contribution in [0.2, 0.25) is 0 Å². The minimum absolute atomic E-state index is 0.00525. The van der Waals surface area contributed by atoms with Gasteiger partial charge in [-0.05, 0) is 44.8 Å². The molecule has 1 aromatic heterocycles. The Hall–Kier alpha value is -0.220. The van der Waals surface area contributed by atoms with E-state index in [-0.39, 0.29) is 5.78 Å². The van der Waals surface area contributed by atoms with Crippen LogP contribution in [-0.2, 0) is 0 Å². The molecule has 0 saturated heterocycles. The predicted molar refractivity (Wildman–Crippen MR) is 49.6 cm³/mol. The van der Waals surface area contributed by atoms with Gasteiger partial charge in [0.2, 0.25) is 0 Å². The van der Waals surface area contributed by atoms with Crippen LogP contribution >= 0.6 is 31.9 Å². The Labute approximate surface area is 81.3 Å². The number of rotatable bonds is 1. The number of halogens is 2. The summed E-state index contributed by atoms with van der Waals surface area (Å²) in [7, 11) is 0. The maximum Gasteiger partial charge on any atom is 0.162 e. The quantitative estimate of drug-likeness (QED) is 0.584. The summed E-state index contributed by atoms with van der Waals surface area (Å²) in [6.45, 7) is 1.51. The maximum atomic E-state index is 10.9. The molecule has 0 aliphatic carbocycles. The molecular weight excluding hydrogens is 274 g/mol. The Morgan fingerprint density at radius 2 is 2.18 bits per heavy atom. The molecule has 0 N–H and O–H groups in total. The fraction of sp³-hybridized carbons (Fsp3) is 0.143. The Bertz CT molecular complexity index is 298. The summed E-state index contributed by atoms with van der Waals surface area (Å²) >= 11 is 6.41. The number of ketones is 1. The third-order valence-corrected chi connectivity index (χ3v) is 2.25. The summed E-state index contributed by atoms with van der Waals surface area (Å²) in [6.07, 6.45) is 1.64. The second kappa shape index (κ2) is 3.45. The van der Waals surface area contributed by atoms with Gasteiger partial charge in [0.1, 0.15) is 4.60 Å². The van der Waals surface area contributed by atoms with Crippen LogP contribution in [-0.4, -0.2) is 10.8 Å². The molecule has 0 unspecified atom stereocenters. The average Bonchev–Trinajstić information content (AvgIpc) is 1.94. The van der Waals surface area contributed by atoms with E-state index in [2.05, 4.69) is 36.8 Å². The van der Waals surface area contributed by atoms with E-state index < -0.39 is 0 Å². The highest BCUT2D eigenvalue weighted by molar-refractivity contribution is 9.11. The van der Waals surface area contributed by atoms with Crippen molar-refractivity contribution >= 4 is 37.6 Å². The van der Waals surface area contributed by atoms with Gasteiger partial charge in [0, 0.05) is 10.7 Å². The van der Waals surface area contributed by atoms with Gasteiger partial charge in [-0.3, -0.25) is 4.79 Å². The zero-order valence-electron chi connectivity index (χ0n) is 5.77. The van der Waals surface area contributed by atoms with Crippen molar-refractivity contribution in [3.63, 3.8) is 0 Å². The molecule has 0 atom stereocenters. The van der Waals surface area contributed by atoms with Crippen molar-refractivity contribution < 1.29 is 4.79 Å². The van der Waals surface area contributed by atoms with Crippen LogP contribution in [0, 0.1) is 0 Å². The van der Waals surface area contributed by atoms with Gasteiger partial charge in [-0.25, -0.2) is 4.98 Å². The number of carbonyl (C=O) groups is 1. The van der Waals surface area contributed by atoms with Crippen molar-refractivity contribution in [2.24, 2.45) is 0 Å². The molecular formula is C7H5Br2NO. The van der Waals surface area contributed by atoms with Crippen molar-refractivity contribution in [3.05, 3.63) is 26.9 Å². The molecule has 0 fully saturated rings. The first-order valence-electron chi connectivity index (χ1n) is 2.93. The Morgan fingerprint density at radius 1 is 1.55 bits per heavy atom. The molecule has 0 aromatic carbocycles. The molecule has 1 heterocycles. The molecule has 4 heteroatoms. The topological polar surface area (TPSA) is 30.0 Å². The zero-order valence-corrected chi connectivity index (χ0v) is 8.94. The van der Waals surface area contributed by atoms with E-state index in [1.54, 1.807) is 12.3 Å². The largest absolute Gasteiger partial charge is 0.294 e. The molecule has 0 spiro atoms. The highest BCUT2D eigenvalue weighted by Crippen LogP contribution is 2.18. The molecule has 1 rings (SSSR count). The zero-order chi connectivity index (χ0) is 8.43. The summed E-state index contributed by atoms with van der Waals surface area (Å²) in [5, 5.41) is 0. The third kappa shape index (κ3) is 2.10. The van der Waals surface area contributed by atoms with Gasteiger partial charge in [0.05, 0.1) is 5.56 Å². The Kier molecular flexibility index (Phi) is 2.78. The van der Waals surface area contributed by atoms with E-state index in [0.29, 0.717) is 10.2 Å². The fourth-order valence-electron chi connectivity index (χ4n) is 0.669. The van der Waals surface area contributed by atoms with Crippen molar-refractivity contribution in [3.8, 4) is 0 Å². The van der Waals surface area contributed by atoms with Crippen LogP contribution in [0.4, 0.5) is 0 Å². The third-order valence-electron chi connectivity index (χ3n) is 1.18. The van der Waals surface area contributed by atoms with Crippen LogP contribution in [0.3, 0.4) is 0 Å². The molecule has 0 bridgehead atoms. The number of Topliss-reactive ketones (excluding diaryl/α,β-unsaturated/α-hetero) is 1. The second-order valence-corrected chi connectivity index (χ2v) is 3.71. The summed E-state index contributed by atoms with van der Waals surface area (Å²) in [5.74, 6) is 0.00525. The molecule has 2 nitrogen and oxygen atoms in total. The molecule has 0 aliphatic heterocycles. The summed E-state index contributed by atoms with van der Waals surface area (Å²) < 4.78 is 1.40. The molecule has 0 radical (unpaired) electrons. The standard InChI is InChI=1S/C7H5Br2NO/c1-4(11)6-2-5(8)3-10-7(6)9/h2-3H,1H3. The summed E-state index contributed by atoms with van der Waals surface area (Å²) in [5.41, 5.74) is 0.597. The summed E-state index contributed by atoms with van der Waals surface area (Å²) in [6, 6.07) is 1.74. The lowest BCUT2D eigenvalue weighted by molar-refractivity contribution is 0.101. The lowest BCUT2D eigenvalue weighted by Crippen LogP contribution is -1.95. The van der Waals surface area contributed by atoms with E-state index >= 15 is 0 Å². The van der Waals surface area contributed by atoms with Crippen LogP contribution in [0.15, 0.2) is 21.3 Å². The van der Waals surface area contributed by atoms with Crippen molar-refractivity contribution in [2.45, 2.75) is 6.92 Å². The van der Waals surface area contributed by atoms with E-state index in [1.165, 1.54) is 6.92 Å². The Morgan fingerprint density at radius 3 is 2.64 bits per heavy atom. The van der Waals surface area contributed by atoms with Gasteiger partial charge < -0.3 is 0 Å². The predicted octanol–water partition coefficient (Wildman–Crippen LogP) is 2.81. The van der Waals surface area contributed by atoms with Crippen LogP contribution in [0.5, 0.6) is 0 Å². The number of hydrogen-bond donors (Lipinski definition) is 0. The highest BCUT2D eigenvalue weighted by atomic mass is 79.9. The van der Waals surface area contributed by atoms with Gasteiger partial charge in [0.25, 0.3) is 0 Å². The number of hydrogen-bond acceptors (Lipinski definition) is 2. The average molecular weight is 279 g/mol. The minimum atomic E-state index is 0.00525. The SMILES string of the molecule is CC(=O)c1cc(Br)cnc1Br. The monoisotopic (exact) mass is 277 g/mol. The normalized spacial score (nSPS) is 9.73. The van der Waals surface area contributed by atoms with Gasteiger partial charge in [-0.15, -0.1) is 0 Å². The molecule has 1 aromatic rings. The van der Waals surface area contributed by atoms with Crippen molar-refractivity contribution in [1.29, 1.82) is 0 Å². The van der Waals surface area contributed by atoms with E-state index in [0.717, 1.165) is 4.47 Å². The first-order chi connectivity index (χ1) is 5.11. The van der Waals surface area contributed by atoms with Crippen LogP contribution < -0.4 is 0 Å². The van der Waals surface area contributed by atoms with Gasteiger partial charge >= 0.3 is 0 Å². The highest BCUT2D eigenvalue weighted by Gasteiger charge is 2.05.